The van der Waals surface area contributed by atoms with Gasteiger partial charge in [-0.1, -0.05) is 151 Å². The summed E-state index contributed by atoms with van der Waals surface area (Å²) in [5, 5.41) is 13.2. The highest BCUT2D eigenvalue weighted by atomic mass is 32.2. The van der Waals surface area contributed by atoms with Gasteiger partial charge in [0.1, 0.15) is 6.07 Å². The average Bonchev–Trinajstić information content (AvgIpc) is 3.78. The Morgan fingerprint density at radius 3 is 1.66 bits per heavy atom. The minimum Gasteiger partial charge on any atom is -0.308 e. The van der Waals surface area contributed by atoms with Gasteiger partial charge in [-0.25, -0.2) is 15.0 Å². The summed E-state index contributed by atoms with van der Waals surface area (Å²) in [5.41, 5.74) is 13.1. The number of benzene rings is 8. The maximum atomic E-state index is 10.9. The molecule has 59 heavy (non-hydrogen) atoms. The molecule has 5 nitrogen and oxygen atoms in total. The molecule has 0 atom stereocenters. The number of nitrogens with zero attached hydrogens (tertiary/aromatic N) is 5. The fourth-order valence-electron chi connectivity index (χ4n) is 9.47. The third-order valence-corrected chi connectivity index (χ3v) is 13.1. The Morgan fingerprint density at radius 1 is 0.441 bits per heavy atom. The van der Waals surface area contributed by atoms with Crippen molar-refractivity contribution < 1.29 is 0 Å². The Hall–Kier alpha value is -7.59. The first-order valence-corrected chi connectivity index (χ1v) is 20.5. The van der Waals surface area contributed by atoms with Crippen molar-refractivity contribution in [3.05, 3.63) is 216 Å². The summed E-state index contributed by atoms with van der Waals surface area (Å²) in [6.07, 6.45) is 0. The van der Waals surface area contributed by atoms with E-state index in [1.165, 1.54) is 43.2 Å². The molecule has 0 N–H and O–H groups in total. The Balaban J connectivity index is 1.09. The van der Waals surface area contributed by atoms with Crippen molar-refractivity contribution in [1.29, 1.82) is 5.26 Å². The molecule has 2 aliphatic rings. The average molecular weight is 770 g/mol. The van der Waals surface area contributed by atoms with Crippen LogP contribution in [-0.4, -0.2) is 19.5 Å². The monoisotopic (exact) mass is 769 g/mol. The first-order chi connectivity index (χ1) is 29.2. The van der Waals surface area contributed by atoms with Crippen LogP contribution < -0.4 is 0 Å². The van der Waals surface area contributed by atoms with Crippen LogP contribution in [0.1, 0.15) is 27.8 Å². The minimum atomic E-state index is -0.483. The van der Waals surface area contributed by atoms with Crippen LogP contribution >= 0.6 is 11.8 Å². The lowest BCUT2D eigenvalue weighted by Gasteiger charge is -2.39. The highest BCUT2D eigenvalue weighted by Crippen LogP contribution is 2.62. The second-order valence-corrected chi connectivity index (χ2v) is 16.1. The molecule has 0 amide bonds. The van der Waals surface area contributed by atoms with Crippen molar-refractivity contribution in [2.45, 2.75) is 15.2 Å². The number of para-hydroxylation sites is 1. The van der Waals surface area contributed by atoms with E-state index in [-0.39, 0.29) is 0 Å². The van der Waals surface area contributed by atoms with E-state index in [0.717, 1.165) is 44.2 Å². The van der Waals surface area contributed by atoms with E-state index in [2.05, 4.69) is 120 Å². The van der Waals surface area contributed by atoms with Crippen LogP contribution in [0, 0.1) is 11.3 Å². The highest BCUT2D eigenvalue weighted by molar-refractivity contribution is 7.99. The molecule has 0 radical (unpaired) electrons. The van der Waals surface area contributed by atoms with Gasteiger partial charge in [0.05, 0.1) is 27.7 Å². The third kappa shape index (κ3) is 4.89. The van der Waals surface area contributed by atoms with Crippen molar-refractivity contribution in [2.24, 2.45) is 0 Å². The van der Waals surface area contributed by atoms with Gasteiger partial charge >= 0.3 is 0 Å². The molecule has 0 saturated heterocycles. The van der Waals surface area contributed by atoms with Crippen LogP contribution in [0.15, 0.2) is 198 Å². The number of nitriles is 1. The van der Waals surface area contributed by atoms with Crippen LogP contribution in [0.3, 0.4) is 0 Å². The molecular formula is C53H31N5S. The van der Waals surface area contributed by atoms with Gasteiger partial charge in [0.2, 0.25) is 0 Å². The third-order valence-electron chi connectivity index (χ3n) is 12.0. The van der Waals surface area contributed by atoms with Crippen LogP contribution in [0.5, 0.6) is 0 Å². The lowest BCUT2D eigenvalue weighted by Crippen LogP contribution is -2.31. The smallest absolute Gasteiger partial charge is 0.164 e. The summed E-state index contributed by atoms with van der Waals surface area (Å²) in [4.78, 5) is 17.4. The van der Waals surface area contributed by atoms with Gasteiger partial charge in [-0.15, -0.1) is 0 Å². The predicted octanol–water partition coefficient (Wildman–Crippen LogP) is 12.7. The zero-order valence-corrected chi connectivity index (χ0v) is 32.4. The van der Waals surface area contributed by atoms with E-state index in [0.29, 0.717) is 23.0 Å². The molecule has 0 bridgehead atoms. The van der Waals surface area contributed by atoms with Crippen molar-refractivity contribution in [3.63, 3.8) is 0 Å². The van der Waals surface area contributed by atoms with E-state index in [9.17, 15) is 5.26 Å². The number of hydrogen-bond donors (Lipinski definition) is 0. The van der Waals surface area contributed by atoms with Gasteiger partial charge in [-0.3, -0.25) is 0 Å². The normalized spacial score (nSPS) is 13.1. The molecule has 6 heteroatoms. The maximum Gasteiger partial charge on any atom is 0.164 e. The standard InChI is InChI=1S/C53H31N5S/c54-32-36-29-35(52-56-50(33-15-3-1-4-16-33)55-51(57-52)34-17-5-2-6-18-34)27-28-45(36)58-46-24-12-8-20-38(46)40-30-44-39(31-47(40)58)37-19-7-9-21-41(37)53(44)42-22-10-13-25-48(42)59-49-26-14-11-23-43(49)53/h1-31H. The van der Waals surface area contributed by atoms with Crippen LogP contribution in [0.2, 0.25) is 0 Å². The zero-order chi connectivity index (χ0) is 39.1. The molecule has 274 valence electrons. The predicted molar refractivity (Wildman–Crippen MR) is 237 cm³/mol. The Morgan fingerprint density at radius 2 is 1.00 bits per heavy atom. The molecule has 2 aromatic heterocycles. The van der Waals surface area contributed by atoms with Crippen LogP contribution in [0.25, 0.3) is 72.8 Å². The number of hydrogen-bond acceptors (Lipinski definition) is 5. The molecule has 10 aromatic rings. The first-order valence-electron chi connectivity index (χ1n) is 19.7. The second-order valence-electron chi connectivity index (χ2n) is 15.0. The SMILES string of the molecule is N#Cc1cc(-c2nc(-c3ccccc3)nc(-c3ccccc3)n2)ccc1-n1c2ccccc2c2cc3c(cc21)-c1ccccc1C31c2ccccc2Sc2ccccc21. The number of rotatable bonds is 4. The summed E-state index contributed by atoms with van der Waals surface area (Å²) >= 11 is 1.86. The zero-order valence-electron chi connectivity index (χ0n) is 31.5. The summed E-state index contributed by atoms with van der Waals surface area (Å²) in [6, 6.07) is 68.5. The Labute approximate surface area is 345 Å². The van der Waals surface area contributed by atoms with Gasteiger partial charge in [0.15, 0.2) is 17.5 Å². The molecule has 0 fully saturated rings. The summed E-state index contributed by atoms with van der Waals surface area (Å²) in [6.45, 7) is 0. The summed E-state index contributed by atoms with van der Waals surface area (Å²) in [5.74, 6) is 1.66. The molecule has 12 rings (SSSR count). The topological polar surface area (TPSA) is 67.4 Å². The molecule has 8 aromatic carbocycles. The van der Waals surface area contributed by atoms with E-state index in [1.54, 1.807) is 0 Å². The van der Waals surface area contributed by atoms with E-state index in [1.807, 2.05) is 90.6 Å². The van der Waals surface area contributed by atoms with Crippen LogP contribution in [0.4, 0.5) is 0 Å². The first kappa shape index (κ1) is 33.5. The minimum absolute atomic E-state index is 0.483. The van der Waals surface area contributed by atoms with Crippen molar-refractivity contribution >= 4 is 33.6 Å². The Bertz CT molecular complexity index is 3280. The fourth-order valence-corrected chi connectivity index (χ4v) is 10.7. The van der Waals surface area contributed by atoms with E-state index < -0.39 is 5.41 Å². The van der Waals surface area contributed by atoms with Gasteiger partial charge in [-0.2, -0.15) is 5.26 Å². The Kier molecular flexibility index (Phi) is 7.37. The van der Waals surface area contributed by atoms with Crippen molar-refractivity contribution in [2.75, 3.05) is 0 Å². The van der Waals surface area contributed by atoms with Gasteiger partial charge in [0.25, 0.3) is 0 Å². The maximum absolute atomic E-state index is 10.9. The quantitative estimate of drug-likeness (QED) is 0.178. The van der Waals surface area contributed by atoms with Crippen molar-refractivity contribution in [3.8, 4) is 57.0 Å². The van der Waals surface area contributed by atoms with E-state index in [4.69, 9.17) is 15.0 Å². The second kappa shape index (κ2) is 13.0. The number of fused-ring (bicyclic) bond motifs is 12. The fraction of sp³-hybridized carbons (Fsp3) is 0.0189. The molecule has 1 aliphatic carbocycles. The van der Waals surface area contributed by atoms with Crippen molar-refractivity contribution in [1.82, 2.24) is 19.5 Å². The van der Waals surface area contributed by atoms with Gasteiger partial charge in [-0.05, 0) is 81.9 Å². The molecule has 1 spiro atoms. The molecule has 3 heterocycles. The molecule has 1 aliphatic heterocycles. The lowest BCUT2D eigenvalue weighted by atomic mass is 9.67. The van der Waals surface area contributed by atoms with Crippen LogP contribution in [-0.2, 0) is 5.41 Å². The molecule has 0 unspecified atom stereocenters. The number of aromatic nitrogens is 4. The molecular weight excluding hydrogens is 739 g/mol. The summed E-state index contributed by atoms with van der Waals surface area (Å²) in [7, 11) is 0. The lowest BCUT2D eigenvalue weighted by molar-refractivity contribution is 0.723. The molecule has 0 saturated carbocycles. The van der Waals surface area contributed by atoms with Gasteiger partial charge in [0, 0.05) is 37.3 Å². The summed E-state index contributed by atoms with van der Waals surface area (Å²) < 4.78 is 2.26. The highest BCUT2D eigenvalue weighted by Gasteiger charge is 2.50. The van der Waals surface area contributed by atoms with E-state index >= 15 is 0 Å². The van der Waals surface area contributed by atoms with Gasteiger partial charge < -0.3 is 4.57 Å². The largest absolute Gasteiger partial charge is 0.308 e.